The third kappa shape index (κ3) is 3.56. The zero-order valence-corrected chi connectivity index (χ0v) is 9.02. The van der Waals surface area contributed by atoms with Gasteiger partial charge < -0.3 is 5.32 Å². The van der Waals surface area contributed by atoms with Crippen LogP contribution >= 0.6 is 11.8 Å². The van der Waals surface area contributed by atoms with Crippen LogP contribution in [0.2, 0.25) is 0 Å². The number of carbonyl (C=O) groups is 2. The molecule has 1 N–H and O–H groups in total. The summed E-state index contributed by atoms with van der Waals surface area (Å²) in [7, 11) is 0. The standard InChI is InChI=1S/C7H9F3N2O3S/c1-16-6(14)11-4-2-15-12(5(4)13)3-7(8,9)10/h4H,2-3H2,1H3,(H,11,14)/t4-/m0/s1. The van der Waals surface area contributed by atoms with E-state index in [1.807, 2.05) is 0 Å². The Morgan fingerprint density at radius 2 is 2.31 bits per heavy atom. The van der Waals surface area contributed by atoms with E-state index in [0.717, 1.165) is 11.8 Å². The predicted octanol–water partition coefficient (Wildman–Crippen LogP) is 0.764. The molecule has 0 aliphatic carbocycles. The average Bonchev–Trinajstić information content (AvgIpc) is 2.47. The Morgan fingerprint density at radius 3 is 2.81 bits per heavy atom. The fraction of sp³-hybridized carbons (Fsp3) is 0.714. The molecule has 5 nitrogen and oxygen atoms in total. The van der Waals surface area contributed by atoms with Crippen LogP contribution in [0.15, 0.2) is 0 Å². The van der Waals surface area contributed by atoms with Crippen molar-refractivity contribution in [2.45, 2.75) is 12.2 Å². The number of carbonyl (C=O) groups excluding carboxylic acids is 2. The highest BCUT2D eigenvalue weighted by Crippen LogP contribution is 2.20. The summed E-state index contributed by atoms with van der Waals surface area (Å²) in [5, 5.41) is 1.96. The van der Waals surface area contributed by atoms with Gasteiger partial charge in [-0.3, -0.25) is 14.4 Å². The number of amides is 2. The van der Waals surface area contributed by atoms with Gasteiger partial charge in [-0.2, -0.15) is 13.2 Å². The molecule has 0 saturated carbocycles. The molecular weight excluding hydrogens is 249 g/mol. The first-order valence-electron chi connectivity index (χ1n) is 4.19. The van der Waals surface area contributed by atoms with Crippen LogP contribution in [0.25, 0.3) is 0 Å². The summed E-state index contributed by atoms with van der Waals surface area (Å²) >= 11 is 0.830. The lowest BCUT2D eigenvalue weighted by molar-refractivity contribution is -0.214. The molecule has 1 rings (SSSR count). The van der Waals surface area contributed by atoms with Gasteiger partial charge in [0, 0.05) is 0 Å². The van der Waals surface area contributed by atoms with E-state index in [1.54, 1.807) is 0 Å². The molecule has 1 saturated heterocycles. The molecule has 1 fully saturated rings. The number of nitrogens with zero attached hydrogens (tertiary/aromatic N) is 1. The van der Waals surface area contributed by atoms with E-state index in [-0.39, 0.29) is 11.7 Å². The molecule has 1 aliphatic rings. The predicted molar refractivity (Wildman–Crippen MR) is 49.6 cm³/mol. The summed E-state index contributed by atoms with van der Waals surface area (Å²) in [4.78, 5) is 26.8. The van der Waals surface area contributed by atoms with Gasteiger partial charge in [-0.05, 0) is 6.26 Å². The molecule has 0 aromatic carbocycles. The fourth-order valence-electron chi connectivity index (χ4n) is 1.06. The zero-order valence-electron chi connectivity index (χ0n) is 8.21. The number of halogens is 3. The monoisotopic (exact) mass is 258 g/mol. The minimum Gasteiger partial charge on any atom is -0.333 e. The number of rotatable bonds is 2. The second-order valence-corrected chi connectivity index (χ2v) is 3.75. The van der Waals surface area contributed by atoms with Crippen LogP contribution < -0.4 is 5.32 Å². The summed E-state index contributed by atoms with van der Waals surface area (Å²) in [6.07, 6.45) is -3.03. The number of hydroxylamine groups is 2. The number of nitrogens with one attached hydrogen (secondary N) is 1. The zero-order chi connectivity index (χ0) is 12.3. The van der Waals surface area contributed by atoms with Crippen molar-refractivity contribution >= 4 is 22.9 Å². The minimum absolute atomic E-state index is 0.214. The lowest BCUT2D eigenvalue weighted by Gasteiger charge is -2.16. The van der Waals surface area contributed by atoms with Crippen LogP contribution in [0.3, 0.4) is 0 Å². The van der Waals surface area contributed by atoms with Gasteiger partial charge in [0.25, 0.3) is 11.1 Å². The Bertz CT molecular complexity index is 297. The smallest absolute Gasteiger partial charge is 0.333 e. The summed E-state index contributed by atoms with van der Waals surface area (Å²) in [6, 6.07) is -1.04. The Labute approximate surface area is 93.2 Å². The van der Waals surface area contributed by atoms with E-state index < -0.39 is 29.9 Å². The van der Waals surface area contributed by atoms with Crippen LogP contribution in [0.1, 0.15) is 0 Å². The highest BCUT2D eigenvalue weighted by Gasteiger charge is 2.41. The van der Waals surface area contributed by atoms with Gasteiger partial charge >= 0.3 is 6.18 Å². The summed E-state index contributed by atoms with van der Waals surface area (Å²) in [5.74, 6) is -0.889. The first-order valence-corrected chi connectivity index (χ1v) is 5.41. The third-order valence-electron chi connectivity index (χ3n) is 1.74. The maximum Gasteiger partial charge on any atom is 0.408 e. The van der Waals surface area contributed by atoms with Crippen LogP contribution in [-0.4, -0.2) is 47.8 Å². The molecule has 1 aliphatic heterocycles. The van der Waals surface area contributed by atoms with Crippen molar-refractivity contribution in [2.24, 2.45) is 0 Å². The number of thioether (sulfide) groups is 1. The molecule has 1 atom stereocenters. The number of hydrogen-bond acceptors (Lipinski definition) is 4. The molecular formula is C7H9F3N2O3S. The average molecular weight is 258 g/mol. The number of hydrogen-bond donors (Lipinski definition) is 1. The highest BCUT2D eigenvalue weighted by atomic mass is 32.2. The molecule has 1 heterocycles. The van der Waals surface area contributed by atoms with Crippen molar-refractivity contribution in [3.63, 3.8) is 0 Å². The first kappa shape index (κ1) is 13.1. The lowest BCUT2D eigenvalue weighted by Crippen LogP contribution is -2.43. The van der Waals surface area contributed by atoms with Crippen LogP contribution in [0.4, 0.5) is 18.0 Å². The van der Waals surface area contributed by atoms with Crippen molar-refractivity contribution in [3.8, 4) is 0 Å². The van der Waals surface area contributed by atoms with E-state index >= 15 is 0 Å². The van der Waals surface area contributed by atoms with Crippen molar-refractivity contribution < 1.29 is 27.6 Å². The van der Waals surface area contributed by atoms with E-state index in [1.165, 1.54) is 6.26 Å². The maximum absolute atomic E-state index is 12.0. The fourth-order valence-corrected chi connectivity index (χ4v) is 1.32. The largest absolute Gasteiger partial charge is 0.408 e. The molecule has 0 spiro atoms. The second kappa shape index (κ2) is 4.91. The van der Waals surface area contributed by atoms with Crippen LogP contribution in [0, 0.1) is 0 Å². The Balaban J connectivity index is 2.51. The third-order valence-corrected chi connectivity index (χ3v) is 2.23. The topological polar surface area (TPSA) is 58.6 Å². The molecule has 0 bridgehead atoms. The molecule has 9 heteroatoms. The van der Waals surface area contributed by atoms with Crippen molar-refractivity contribution in [1.29, 1.82) is 0 Å². The van der Waals surface area contributed by atoms with Crippen LogP contribution in [0.5, 0.6) is 0 Å². The van der Waals surface area contributed by atoms with E-state index in [9.17, 15) is 22.8 Å². The van der Waals surface area contributed by atoms with Gasteiger partial charge in [0.1, 0.15) is 19.2 Å². The molecule has 0 aromatic heterocycles. The molecule has 0 aromatic rings. The molecule has 2 amide bonds. The lowest BCUT2D eigenvalue weighted by atomic mass is 10.3. The van der Waals surface area contributed by atoms with Gasteiger partial charge in [0.05, 0.1) is 0 Å². The van der Waals surface area contributed by atoms with Gasteiger partial charge in [0.2, 0.25) is 0 Å². The number of alkyl halides is 3. The van der Waals surface area contributed by atoms with Crippen LogP contribution in [-0.2, 0) is 9.63 Å². The van der Waals surface area contributed by atoms with E-state index in [4.69, 9.17) is 0 Å². The van der Waals surface area contributed by atoms with Gasteiger partial charge in [0.15, 0.2) is 0 Å². The molecule has 16 heavy (non-hydrogen) atoms. The Morgan fingerprint density at radius 1 is 1.69 bits per heavy atom. The summed E-state index contributed by atoms with van der Waals surface area (Å²) < 4.78 is 35.9. The van der Waals surface area contributed by atoms with Gasteiger partial charge in [-0.15, -0.1) is 0 Å². The quantitative estimate of drug-likeness (QED) is 0.794. The Hall–Kier alpha value is -0.960. The van der Waals surface area contributed by atoms with Crippen molar-refractivity contribution in [2.75, 3.05) is 19.4 Å². The summed E-state index contributed by atoms with van der Waals surface area (Å²) in [5.41, 5.74) is 0. The normalized spacial score (nSPS) is 21.4. The second-order valence-electron chi connectivity index (χ2n) is 2.97. The van der Waals surface area contributed by atoms with Crippen molar-refractivity contribution in [1.82, 2.24) is 10.4 Å². The minimum atomic E-state index is -4.52. The van der Waals surface area contributed by atoms with Crippen molar-refractivity contribution in [3.05, 3.63) is 0 Å². The first-order chi connectivity index (χ1) is 7.33. The maximum atomic E-state index is 12.0. The molecule has 92 valence electrons. The SMILES string of the molecule is CSC(=O)N[C@H]1CON(CC(F)(F)F)C1=O. The summed E-state index contributed by atoms with van der Waals surface area (Å²) in [6.45, 7) is -1.75. The molecule has 0 unspecified atom stereocenters. The molecule has 0 radical (unpaired) electrons. The van der Waals surface area contributed by atoms with Gasteiger partial charge in [-0.25, -0.2) is 5.06 Å². The van der Waals surface area contributed by atoms with E-state index in [2.05, 4.69) is 10.2 Å². The highest BCUT2D eigenvalue weighted by molar-refractivity contribution is 8.12. The van der Waals surface area contributed by atoms with Gasteiger partial charge in [-0.1, -0.05) is 11.8 Å². The Kier molecular flexibility index (Phi) is 4.03. The van der Waals surface area contributed by atoms with E-state index in [0.29, 0.717) is 0 Å².